The van der Waals surface area contributed by atoms with E-state index in [4.69, 9.17) is 0 Å². The predicted molar refractivity (Wildman–Crippen MR) is 193 cm³/mol. The first-order valence-corrected chi connectivity index (χ1v) is 16.0. The molecular formula is C42H26BN3. The quantitative estimate of drug-likeness (QED) is 0.188. The largest absolute Gasteiger partial charge is 0.376 e. The molecule has 46 heavy (non-hydrogen) atoms. The highest BCUT2D eigenvalue weighted by Gasteiger charge is 2.48. The fourth-order valence-electron chi connectivity index (χ4n) is 8.54. The Morgan fingerprint density at radius 3 is 1.63 bits per heavy atom. The highest BCUT2D eigenvalue weighted by molar-refractivity contribution is 6.95. The molecule has 3 nitrogen and oxygen atoms in total. The molecule has 0 fully saturated rings. The molecule has 11 rings (SSSR count). The number of nitrogens with zero attached hydrogens (tertiary/aromatic N) is 3. The molecule has 7 aromatic carbocycles. The molecular weight excluding hydrogens is 557 g/mol. The second-order valence-corrected chi connectivity index (χ2v) is 12.5. The molecule has 0 unspecified atom stereocenters. The van der Waals surface area contributed by atoms with E-state index in [1.165, 1.54) is 89.1 Å². The molecule has 4 heteroatoms. The Hall–Kier alpha value is -6.00. The fraction of sp³-hybridized carbons (Fsp3) is 0. The monoisotopic (exact) mass is 583 g/mol. The molecule has 1 aromatic heterocycles. The Labute approximate surface area is 267 Å². The van der Waals surface area contributed by atoms with Crippen molar-refractivity contribution in [1.82, 2.24) is 4.57 Å². The fourth-order valence-corrected chi connectivity index (χ4v) is 8.54. The summed E-state index contributed by atoms with van der Waals surface area (Å²) in [4.78, 5) is 5.09. The van der Waals surface area contributed by atoms with Crippen LogP contribution in [0.3, 0.4) is 0 Å². The van der Waals surface area contributed by atoms with Gasteiger partial charge in [-0.1, -0.05) is 97.1 Å². The van der Waals surface area contributed by atoms with Crippen LogP contribution in [0.2, 0.25) is 0 Å². The van der Waals surface area contributed by atoms with Gasteiger partial charge in [-0.2, -0.15) is 0 Å². The van der Waals surface area contributed by atoms with Crippen molar-refractivity contribution in [3.63, 3.8) is 0 Å². The first-order valence-electron chi connectivity index (χ1n) is 16.0. The van der Waals surface area contributed by atoms with Crippen LogP contribution in [0.25, 0.3) is 49.7 Å². The van der Waals surface area contributed by atoms with E-state index in [2.05, 4.69) is 172 Å². The van der Waals surface area contributed by atoms with Crippen molar-refractivity contribution in [1.29, 1.82) is 0 Å². The standard InChI is InChI=1S/C42H26BN3/c1-2-12-27(13-3-1)44-39-22-10-17-32-31-16-6-9-21-37(31)46-38-25-24-28(26-34(38)33-18-11-23-40(44)42(33)43(46)41(32)39)45-35-19-7-4-14-29(35)30-15-5-8-20-36(30)45/h1-26H. The zero-order valence-electron chi connectivity index (χ0n) is 24.9. The maximum Gasteiger partial charge on any atom is 0.333 e. The van der Waals surface area contributed by atoms with E-state index in [-0.39, 0.29) is 6.85 Å². The van der Waals surface area contributed by atoms with E-state index < -0.39 is 0 Å². The SMILES string of the molecule is c1ccc(N2c3cccc4c3B3c5c(cccc52)-c2cc(-n5c6ccccc6c6ccccc65)ccc2N3c2ccccc2-4)cc1. The zero-order chi connectivity index (χ0) is 29.9. The van der Waals surface area contributed by atoms with Gasteiger partial charge in [0.2, 0.25) is 0 Å². The predicted octanol–water partition coefficient (Wildman–Crippen LogP) is 9.47. The summed E-state index contributed by atoms with van der Waals surface area (Å²) >= 11 is 0. The van der Waals surface area contributed by atoms with Gasteiger partial charge >= 0.3 is 6.85 Å². The third kappa shape index (κ3) is 2.99. The van der Waals surface area contributed by atoms with Crippen LogP contribution < -0.4 is 20.6 Å². The van der Waals surface area contributed by atoms with E-state index in [9.17, 15) is 0 Å². The smallest absolute Gasteiger partial charge is 0.333 e. The molecule has 0 N–H and O–H groups in total. The van der Waals surface area contributed by atoms with Gasteiger partial charge in [0, 0.05) is 56.0 Å². The number of aromatic nitrogens is 1. The molecule has 0 bridgehead atoms. The third-order valence-electron chi connectivity index (χ3n) is 10.3. The van der Waals surface area contributed by atoms with Crippen LogP contribution in [0.4, 0.5) is 28.4 Å². The van der Waals surface area contributed by atoms with E-state index in [1.807, 2.05) is 0 Å². The van der Waals surface area contributed by atoms with Crippen molar-refractivity contribution < 1.29 is 0 Å². The Morgan fingerprint density at radius 1 is 0.370 bits per heavy atom. The molecule has 0 radical (unpaired) electrons. The van der Waals surface area contributed by atoms with Gasteiger partial charge in [0.1, 0.15) is 0 Å². The van der Waals surface area contributed by atoms with Gasteiger partial charge in [-0.15, -0.1) is 0 Å². The van der Waals surface area contributed by atoms with E-state index in [0.717, 1.165) is 0 Å². The van der Waals surface area contributed by atoms with Gasteiger partial charge in [0.25, 0.3) is 0 Å². The number of benzene rings is 7. The van der Waals surface area contributed by atoms with Crippen molar-refractivity contribution in [2.24, 2.45) is 0 Å². The Kier molecular flexibility index (Phi) is 4.66. The van der Waals surface area contributed by atoms with Gasteiger partial charge in [-0.05, 0) is 82.7 Å². The lowest BCUT2D eigenvalue weighted by Crippen LogP contribution is -2.63. The average Bonchev–Trinajstić information content (AvgIpc) is 3.46. The molecule has 3 aliphatic heterocycles. The highest BCUT2D eigenvalue weighted by Crippen LogP contribution is 2.51. The molecule has 0 spiro atoms. The van der Waals surface area contributed by atoms with Crippen LogP contribution >= 0.6 is 0 Å². The molecule has 0 saturated carbocycles. The van der Waals surface area contributed by atoms with Crippen LogP contribution in [-0.4, -0.2) is 11.4 Å². The minimum absolute atomic E-state index is 0.0823. The lowest BCUT2D eigenvalue weighted by molar-refractivity contribution is 1.18. The Bertz CT molecular complexity index is 2510. The second kappa shape index (κ2) is 8.80. The number of hydrogen-bond acceptors (Lipinski definition) is 2. The van der Waals surface area contributed by atoms with Gasteiger partial charge in [-0.3, -0.25) is 0 Å². The lowest BCUT2D eigenvalue weighted by Gasteiger charge is -2.49. The molecule has 0 saturated heterocycles. The topological polar surface area (TPSA) is 11.4 Å². The van der Waals surface area contributed by atoms with Crippen LogP contribution in [0, 0.1) is 0 Å². The van der Waals surface area contributed by atoms with E-state index in [1.54, 1.807) is 0 Å². The maximum absolute atomic E-state index is 2.61. The summed E-state index contributed by atoms with van der Waals surface area (Å²) in [5.41, 5.74) is 17.7. The average molecular weight is 584 g/mol. The molecule has 8 aromatic rings. The van der Waals surface area contributed by atoms with Gasteiger partial charge in [-0.25, -0.2) is 0 Å². The Balaban J connectivity index is 1.25. The summed E-state index contributed by atoms with van der Waals surface area (Å²) in [5, 5.41) is 2.56. The van der Waals surface area contributed by atoms with Crippen molar-refractivity contribution in [3.05, 3.63) is 158 Å². The number of para-hydroxylation sites is 4. The maximum atomic E-state index is 2.61. The van der Waals surface area contributed by atoms with Crippen LogP contribution in [-0.2, 0) is 0 Å². The van der Waals surface area contributed by atoms with Crippen LogP contribution in [0.5, 0.6) is 0 Å². The minimum atomic E-state index is 0.0823. The molecule has 4 heterocycles. The van der Waals surface area contributed by atoms with Crippen LogP contribution in [0.15, 0.2) is 158 Å². The second-order valence-electron chi connectivity index (χ2n) is 12.5. The van der Waals surface area contributed by atoms with Crippen LogP contribution in [0.1, 0.15) is 0 Å². The molecule has 0 aliphatic carbocycles. The Morgan fingerprint density at radius 2 is 0.913 bits per heavy atom. The number of hydrogen-bond donors (Lipinski definition) is 0. The van der Waals surface area contributed by atoms with E-state index in [0.29, 0.717) is 0 Å². The number of rotatable bonds is 2. The third-order valence-corrected chi connectivity index (χ3v) is 10.3. The summed E-state index contributed by atoms with van der Waals surface area (Å²) < 4.78 is 2.43. The summed E-state index contributed by atoms with van der Waals surface area (Å²) in [5.74, 6) is 0. The summed E-state index contributed by atoms with van der Waals surface area (Å²) in [7, 11) is 0. The summed E-state index contributed by atoms with van der Waals surface area (Å²) in [6, 6.07) is 58.1. The van der Waals surface area contributed by atoms with Gasteiger partial charge in [0.05, 0.1) is 11.0 Å². The van der Waals surface area contributed by atoms with Crippen molar-refractivity contribution in [2.75, 3.05) is 9.71 Å². The van der Waals surface area contributed by atoms with Crippen molar-refractivity contribution >= 4 is 68.0 Å². The van der Waals surface area contributed by atoms with Crippen molar-refractivity contribution in [2.45, 2.75) is 0 Å². The molecule has 0 amide bonds. The lowest BCUT2D eigenvalue weighted by atomic mass is 9.41. The van der Waals surface area contributed by atoms with E-state index >= 15 is 0 Å². The summed E-state index contributed by atoms with van der Waals surface area (Å²) in [6.45, 7) is 0.0823. The van der Waals surface area contributed by atoms with Gasteiger partial charge < -0.3 is 14.3 Å². The number of anilines is 5. The first-order chi connectivity index (χ1) is 22.9. The van der Waals surface area contributed by atoms with Crippen molar-refractivity contribution in [3.8, 4) is 27.9 Å². The normalized spacial score (nSPS) is 13.5. The zero-order valence-corrected chi connectivity index (χ0v) is 24.9. The molecule has 212 valence electrons. The number of fused-ring (bicyclic) bond motifs is 9. The van der Waals surface area contributed by atoms with Gasteiger partial charge in [0.15, 0.2) is 0 Å². The highest BCUT2D eigenvalue weighted by atomic mass is 15.2. The molecule has 0 atom stereocenters. The molecule has 3 aliphatic rings. The first kappa shape index (κ1) is 24.3. The minimum Gasteiger partial charge on any atom is -0.376 e. The summed E-state index contributed by atoms with van der Waals surface area (Å²) in [6.07, 6.45) is 0.